The summed E-state index contributed by atoms with van der Waals surface area (Å²) in [5.41, 5.74) is -0.444. The van der Waals surface area contributed by atoms with Crippen molar-refractivity contribution in [1.29, 1.82) is 5.26 Å². The van der Waals surface area contributed by atoms with E-state index < -0.39 is 5.54 Å². The van der Waals surface area contributed by atoms with Gasteiger partial charge in [-0.15, -0.1) is 11.8 Å². The maximum Gasteiger partial charge on any atom is 0.282 e. The van der Waals surface area contributed by atoms with Crippen LogP contribution < -0.4 is 5.32 Å². The van der Waals surface area contributed by atoms with E-state index in [1.807, 2.05) is 13.8 Å². The van der Waals surface area contributed by atoms with Gasteiger partial charge in [-0.05, 0) is 32.3 Å². The number of nitrogens with zero attached hydrogens (tertiary/aromatic N) is 2. The molecule has 0 aliphatic heterocycles. The van der Waals surface area contributed by atoms with Crippen LogP contribution in [0.5, 0.6) is 0 Å². The van der Waals surface area contributed by atoms with E-state index in [2.05, 4.69) is 11.4 Å². The first kappa shape index (κ1) is 15.8. The van der Waals surface area contributed by atoms with Crippen molar-refractivity contribution in [3.8, 4) is 6.07 Å². The third kappa shape index (κ3) is 4.45. The molecule has 0 amide bonds. The van der Waals surface area contributed by atoms with E-state index >= 15 is 0 Å². The molecule has 2 unspecified atom stereocenters. The molecule has 1 fully saturated rings. The molecule has 0 saturated heterocycles. The number of hydrogen-bond donors (Lipinski definition) is 1. The molecule has 5 nitrogen and oxygen atoms in total. The van der Waals surface area contributed by atoms with Crippen LogP contribution in [0.4, 0.5) is 5.69 Å². The molecule has 2 rings (SSSR count). The summed E-state index contributed by atoms with van der Waals surface area (Å²) < 4.78 is 0. The summed E-state index contributed by atoms with van der Waals surface area (Å²) in [4.78, 5) is 11.3. The van der Waals surface area contributed by atoms with Crippen molar-refractivity contribution < 1.29 is 4.92 Å². The molecule has 1 aliphatic carbocycles. The Kier molecular flexibility index (Phi) is 4.86. The largest absolute Gasteiger partial charge is 0.297 e. The summed E-state index contributed by atoms with van der Waals surface area (Å²) in [5, 5.41) is 23.9. The number of nitro benzene ring substituents is 1. The number of rotatable bonds is 7. The van der Waals surface area contributed by atoms with Gasteiger partial charge in [0.15, 0.2) is 0 Å². The Hall–Kier alpha value is -1.58. The molecule has 2 atom stereocenters. The summed E-state index contributed by atoms with van der Waals surface area (Å²) in [6.07, 6.45) is 2.91. The fourth-order valence-corrected chi connectivity index (χ4v) is 3.63. The number of nitrogens with one attached hydrogen (secondary N) is 1. The lowest BCUT2D eigenvalue weighted by Crippen LogP contribution is -2.44. The molecular weight excluding hydrogens is 286 g/mol. The molecule has 1 aromatic carbocycles. The summed E-state index contributed by atoms with van der Waals surface area (Å²) in [6, 6.07) is 9.55. The molecule has 0 bridgehead atoms. The zero-order valence-electron chi connectivity index (χ0n) is 12.2. The predicted molar refractivity (Wildman–Crippen MR) is 83.2 cm³/mol. The fourth-order valence-electron chi connectivity index (χ4n) is 2.36. The topological polar surface area (TPSA) is 79.0 Å². The highest BCUT2D eigenvalue weighted by Crippen LogP contribution is 2.35. The number of thioether (sulfide) groups is 1. The van der Waals surface area contributed by atoms with Crippen LogP contribution in [0.1, 0.15) is 33.1 Å². The summed E-state index contributed by atoms with van der Waals surface area (Å²) in [7, 11) is 0. The van der Waals surface area contributed by atoms with Crippen LogP contribution in [0, 0.1) is 21.4 Å². The Bertz CT molecular complexity index is 568. The Morgan fingerprint density at radius 3 is 2.81 bits per heavy atom. The van der Waals surface area contributed by atoms with E-state index in [-0.39, 0.29) is 15.9 Å². The number of para-hydroxylation sites is 1. The highest BCUT2D eigenvalue weighted by molar-refractivity contribution is 8.00. The zero-order valence-corrected chi connectivity index (χ0v) is 13.0. The molecule has 1 aliphatic rings. The van der Waals surface area contributed by atoms with Crippen LogP contribution in [0.2, 0.25) is 0 Å². The van der Waals surface area contributed by atoms with E-state index in [1.165, 1.54) is 17.8 Å². The fraction of sp³-hybridized carbons (Fsp3) is 0.533. The maximum absolute atomic E-state index is 11.0. The van der Waals surface area contributed by atoms with Crippen molar-refractivity contribution in [2.24, 2.45) is 0 Å². The number of hydrogen-bond acceptors (Lipinski definition) is 5. The molecule has 0 radical (unpaired) electrons. The van der Waals surface area contributed by atoms with Crippen LogP contribution in [0.25, 0.3) is 0 Å². The molecule has 0 aromatic heterocycles. The summed E-state index contributed by atoms with van der Waals surface area (Å²) in [5.74, 6) is 0. The molecule has 1 saturated carbocycles. The van der Waals surface area contributed by atoms with Crippen molar-refractivity contribution in [1.82, 2.24) is 5.32 Å². The normalized spacial score (nSPS) is 18.5. The van der Waals surface area contributed by atoms with Crippen LogP contribution in [-0.2, 0) is 0 Å². The van der Waals surface area contributed by atoms with Gasteiger partial charge in [0.25, 0.3) is 5.69 Å². The van der Waals surface area contributed by atoms with Gasteiger partial charge in [0, 0.05) is 17.4 Å². The van der Waals surface area contributed by atoms with Crippen molar-refractivity contribution in [3.05, 3.63) is 34.4 Å². The Labute approximate surface area is 128 Å². The first-order chi connectivity index (χ1) is 9.93. The summed E-state index contributed by atoms with van der Waals surface area (Å²) in [6.45, 7) is 3.91. The zero-order chi connectivity index (χ0) is 15.5. The van der Waals surface area contributed by atoms with Gasteiger partial charge in [-0.2, -0.15) is 5.26 Å². The number of benzene rings is 1. The third-order valence-electron chi connectivity index (χ3n) is 3.43. The van der Waals surface area contributed by atoms with Crippen LogP contribution >= 0.6 is 11.8 Å². The Morgan fingerprint density at radius 2 is 2.24 bits per heavy atom. The van der Waals surface area contributed by atoms with Gasteiger partial charge in [-0.25, -0.2) is 0 Å². The standard InChI is InChI=1S/C15H19N3O2S/c1-11(9-15(2,10-16)17-12-7-8-12)21-14-6-4-3-5-13(14)18(19)20/h3-6,11-12,17H,7-9H2,1-2H3. The number of nitro groups is 1. The smallest absolute Gasteiger partial charge is 0.282 e. The van der Waals surface area contributed by atoms with Gasteiger partial charge in [-0.1, -0.05) is 19.1 Å². The Morgan fingerprint density at radius 1 is 1.57 bits per heavy atom. The first-order valence-corrected chi connectivity index (χ1v) is 7.90. The lowest BCUT2D eigenvalue weighted by molar-refractivity contribution is -0.387. The maximum atomic E-state index is 11.0. The van der Waals surface area contributed by atoms with Gasteiger partial charge in [0.2, 0.25) is 0 Å². The minimum absolute atomic E-state index is 0.113. The van der Waals surface area contributed by atoms with E-state index in [1.54, 1.807) is 18.2 Å². The first-order valence-electron chi connectivity index (χ1n) is 7.02. The molecule has 6 heteroatoms. The van der Waals surface area contributed by atoms with Crippen molar-refractivity contribution in [2.75, 3.05) is 0 Å². The molecular formula is C15H19N3O2S. The second kappa shape index (κ2) is 6.46. The van der Waals surface area contributed by atoms with E-state index in [0.29, 0.717) is 17.4 Å². The molecule has 112 valence electrons. The van der Waals surface area contributed by atoms with Crippen LogP contribution in [0.15, 0.2) is 29.2 Å². The minimum atomic E-state index is -0.572. The SMILES string of the molecule is CC(CC(C)(C#N)NC1CC1)Sc1ccccc1[N+](=O)[O-]. The van der Waals surface area contributed by atoms with Crippen LogP contribution in [0.3, 0.4) is 0 Å². The number of nitriles is 1. The molecule has 21 heavy (non-hydrogen) atoms. The van der Waals surface area contributed by atoms with Gasteiger partial charge in [0.1, 0.15) is 5.54 Å². The molecule has 0 spiro atoms. The molecule has 0 heterocycles. The monoisotopic (exact) mass is 305 g/mol. The highest BCUT2D eigenvalue weighted by Gasteiger charge is 2.34. The second-order valence-electron chi connectivity index (χ2n) is 5.72. The lowest BCUT2D eigenvalue weighted by atomic mass is 9.98. The van der Waals surface area contributed by atoms with Crippen molar-refractivity contribution in [2.45, 2.75) is 54.8 Å². The van der Waals surface area contributed by atoms with E-state index in [0.717, 1.165) is 12.8 Å². The highest BCUT2D eigenvalue weighted by atomic mass is 32.2. The van der Waals surface area contributed by atoms with Gasteiger partial charge < -0.3 is 0 Å². The molecule has 1 aromatic rings. The van der Waals surface area contributed by atoms with Gasteiger partial charge >= 0.3 is 0 Å². The van der Waals surface area contributed by atoms with Crippen molar-refractivity contribution >= 4 is 17.4 Å². The lowest BCUT2D eigenvalue weighted by Gasteiger charge is -2.26. The van der Waals surface area contributed by atoms with E-state index in [9.17, 15) is 15.4 Å². The van der Waals surface area contributed by atoms with Gasteiger partial charge in [-0.3, -0.25) is 15.4 Å². The average Bonchev–Trinajstić information content (AvgIpc) is 3.22. The second-order valence-corrected chi connectivity index (χ2v) is 7.20. The summed E-state index contributed by atoms with van der Waals surface area (Å²) >= 11 is 1.46. The Balaban J connectivity index is 2.02. The molecule has 1 N–H and O–H groups in total. The van der Waals surface area contributed by atoms with E-state index in [4.69, 9.17) is 0 Å². The van der Waals surface area contributed by atoms with Crippen LogP contribution in [-0.4, -0.2) is 21.8 Å². The van der Waals surface area contributed by atoms with Gasteiger partial charge in [0.05, 0.1) is 15.9 Å². The van der Waals surface area contributed by atoms with Crippen molar-refractivity contribution in [3.63, 3.8) is 0 Å². The predicted octanol–water partition coefficient (Wildman–Crippen LogP) is 3.50. The third-order valence-corrected chi connectivity index (χ3v) is 4.60. The average molecular weight is 305 g/mol. The minimum Gasteiger partial charge on any atom is -0.297 e. The quantitative estimate of drug-likeness (QED) is 0.474.